The Balaban J connectivity index is 1.78. The molecule has 0 unspecified atom stereocenters. The molecule has 24 heavy (non-hydrogen) atoms. The molecule has 3 atom stereocenters. The molecule has 4 rings (SSSR count). The van der Waals surface area contributed by atoms with E-state index in [0.717, 1.165) is 17.7 Å². The summed E-state index contributed by atoms with van der Waals surface area (Å²) >= 11 is 0. The highest BCUT2D eigenvalue weighted by molar-refractivity contribution is 5.60. The molecule has 1 heterocycles. The number of anilines is 1. The second-order valence-electron chi connectivity index (χ2n) is 6.25. The molecule has 1 aliphatic heterocycles. The van der Waals surface area contributed by atoms with Crippen LogP contribution >= 0.6 is 0 Å². The molecule has 0 radical (unpaired) electrons. The third kappa shape index (κ3) is 2.24. The number of para-hydroxylation sites is 1. The molecule has 2 aliphatic rings. The van der Waals surface area contributed by atoms with Gasteiger partial charge in [-0.05, 0) is 35.6 Å². The van der Waals surface area contributed by atoms with Crippen LogP contribution in [0.1, 0.15) is 29.5 Å². The van der Waals surface area contributed by atoms with Gasteiger partial charge in [-0.1, -0.05) is 36.4 Å². The summed E-state index contributed by atoms with van der Waals surface area (Å²) in [5.74, 6) is 1.02. The zero-order chi connectivity index (χ0) is 16.7. The number of nitro benzene ring substituents is 1. The van der Waals surface area contributed by atoms with Gasteiger partial charge in [-0.25, -0.2) is 0 Å². The van der Waals surface area contributed by atoms with Gasteiger partial charge in [-0.2, -0.15) is 0 Å². The molecular formula is C19H18N2O3. The highest BCUT2D eigenvalue weighted by Gasteiger charge is 2.38. The zero-order valence-electron chi connectivity index (χ0n) is 13.3. The van der Waals surface area contributed by atoms with Crippen LogP contribution in [0.15, 0.2) is 54.6 Å². The minimum absolute atomic E-state index is 0.0122. The highest BCUT2D eigenvalue weighted by Crippen LogP contribution is 2.50. The average Bonchev–Trinajstić information content (AvgIpc) is 3.10. The quantitative estimate of drug-likeness (QED) is 0.516. The Morgan fingerprint density at radius 1 is 1.25 bits per heavy atom. The van der Waals surface area contributed by atoms with Crippen molar-refractivity contribution in [1.29, 1.82) is 0 Å². The lowest BCUT2D eigenvalue weighted by atomic mass is 9.77. The number of benzene rings is 2. The van der Waals surface area contributed by atoms with Crippen molar-refractivity contribution in [2.75, 3.05) is 12.4 Å². The van der Waals surface area contributed by atoms with Gasteiger partial charge in [0.15, 0.2) is 5.75 Å². The van der Waals surface area contributed by atoms with E-state index in [0.29, 0.717) is 17.6 Å². The third-order valence-electron chi connectivity index (χ3n) is 5.03. The normalized spacial score (nSPS) is 24.0. The molecule has 122 valence electrons. The maximum Gasteiger partial charge on any atom is 0.311 e. The van der Waals surface area contributed by atoms with Gasteiger partial charge in [-0.15, -0.1) is 0 Å². The molecule has 0 bridgehead atoms. The van der Waals surface area contributed by atoms with E-state index in [-0.39, 0.29) is 16.7 Å². The minimum atomic E-state index is -0.385. The van der Waals surface area contributed by atoms with Crippen LogP contribution in [0.5, 0.6) is 5.75 Å². The fourth-order valence-electron chi connectivity index (χ4n) is 3.92. The fourth-order valence-corrected chi connectivity index (χ4v) is 3.92. The maximum atomic E-state index is 11.3. The van der Waals surface area contributed by atoms with Gasteiger partial charge in [0.25, 0.3) is 0 Å². The smallest absolute Gasteiger partial charge is 0.311 e. The number of hydrogen-bond acceptors (Lipinski definition) is 4. The predicted octanol–water partition coefficient (Wildman–Crippen LogP) is 4.43. The van der Waals surface area contributed by atoms with Crippen LogP contribution in [-0.2, 0) is 0 Å². The number of nitro groups is 1. The molecule has 0 saturated heterocycles. The van der Waals surface area contributed by atoms with Crippen molar-refractivity contribution in [1.82, 2.24) is 0 Å². The molecule has 0 saturated carbocycles. The summed E-state index contributed by atoms with van der Waals surface area (Å²) in [6.45, 7) is 0. The van der Waals surface area contributed by atoms with Gasteiger partial charge in [0, 0.05) is 17.7 Å². The van der Waals surface area contributed by atoms with Gasteiger partial charge in [0.1, 0.15) is 0 Å². The summed E-state index contributed by atoms with van der Waals surface area (Å²) in [6, 6.07) is 13.6. The predicted molar refractivity (Wildman–Crippen MR) is 92.4 cm³/mol. The largest absolute Gasteiger partial charge is 0.490 e. The molecule has 0 aromatic heterocycles. The van der Waals surface area contributed by atoms with E-state index >= 15 is 0 Å². The Labute approximate surface area is 140 Å². The number of nitrogens with one attached hydrogen (secondary N) is 1. The second-order valence-corrected chi connectivity index (χ2v) is 6.25. The van der Waals surface area contributed by atoms with Crippen LogP contribution in [0.3, 0.4) is 0 Å². The summed E-state index contributed by atoms with van der Waals surface area (Å²) in [6.07, 6.45) is 5.44. The van der Waals surface area contributed by atoms with Crippen molar-refractivity contribution in [2.24, 2.45) is 5.92 Å². The van der Waals surface area contributed by atoms with Crippen LogP contribution in [-0.4, -0.2) is 12.0 Å². The highest BCUT2D eigenvalue weighted by atomic mass is 16.6. The number of hydrogen-bond donors (Lipinski definition) is 1. The molecular weight excluding hydrogens is 304 g/mol. The molecule has 5 heteroatoms. The van der Waals surface area contributed by atoms with Crippen molar-refractivity contribution in [3.8, 4) is 5.75 Å². The maximum absolute atomic E-state index is 11.3. The first-order valence-electron chi connectivity index (χ1n) is 8.03. The summed E-state index contributed by atoms with van der Waals surface area (Å²) < 4.78 is 5.12. The Morgan fingerprint density at radius 3 is 2.88 bits per heavy atom. The van der Waals surface area contributed by atoms with Crippen LogP contribution in [0.2, 0.25) is 0 Å². The molecule has 0 spiro atoms. The lowest BCUT2D eigenvalue weighted by molar-refractivity contribution is -0.385. The van der Waals surface area contributed by atoms with E-state index in [1.54, 1.807) is 12.1 Å². The molecule has 0 fully saturated rings. The van der Waals surface area contributed by atoms with E-state index in [4.69, 9.17) is 4.74 Å². The first-order chi connectivity index (χ1) is 11.7. The van der Waals surface area contributed by atoms with E-state index < -0.39 is 0 Å². The van der Waals surface area contributed by atoms with E-state index in [2.05, 4.69) is 35.7 Å². The summed E-state index contributed by atoms with van der Waals surface area (Å²) in [7, 11) is 1.45. The SMILES string of the molecule is COc1ccc([C@H]2Nc3ccccc3[C@H]3C=CC[C@@H]32)cc1[N+](=O)[O-]. The fraction of sp³-hybridized carbons (Fsp3) is 0.263. The van der Waals surface area contributed by atoms with Gasteiger partial charge < -0.3 is 10.1 Å². The van der Waals surface area contributed by atoms with Gasteiger partial charge in [-0.3, -0.25) is 10.1 Å². The van der Waals surface area contributed by atoms with Crippen molar-refractivity contribution in [3.63, 3.8) is 0 Å². The Morgan fingerprint density at radius 2 is 2.08 bits per heavy atom. The lowest BCUT2D eigenvalue weighted by Gasteiger charge is -2.37. The van der Waals surface area contributed by atoms with Crippen molar-refractivity contribution < 1.29 is 9.66 Å². The first kappa shape index (κ1) is 14.8. The summed E-state index contributed by atoms with van der Waals surface area (Å²) in [5.41, 5.74) is 3.35. The lowest BCUT2D eigenvalue weighted by Crippen LogP contribution is -2.29. The molecule has 1 aliphatic carbocycles. The number of fused-ring (bicyclic) bond motifs is 3. The van der Waals surface area contributed by atoms with Gasteiger partial charge in [0.05, 0.1) is 18.1 Å². The van der Waals surface area contributed by atoms with Gasteiger partial charge in [0.2, 0.25) is 0 Å². The number of nitrogens with zero attached hydrogens (tertiary/aromatic N) is 1. The topological polar surface area (TPSA) is 64.4 Å². The van der Waals surface area contributed by atoms with Crippen LogP contribution in [0.4, 0.5) is 11.4 Å². The monoisotopic (exact) mass is 322 g/mol. The van der Waals surface area contributed by atoms with Crippen molar-refractivity contribution in [3.05, 3.63) is 75.9 Å². The molecule has 5 nitrogen and oxygen atoms in total. The molecule has 1 N–H and O–H groups in total. The minimum Gasteiger partial charge on any atom is -0.490 e. The Kier molecular flexibility index (Phi) is 3.49. The standard InChI is InChI=1S/C19H18N2O3/c1-24-18-10-9-12(11-17(18)21(22)23)19-15-7-4-6-13(15)14-5-2-3-8-16(14)20-19/h2-6,8-11,13,15,19-20H,7H2,1H3/t13-,15+,19-/m1/s1. The van der Waals surface area contributed by atoms with Gasteiger partial charge >= 0.3 is 5.69 Å². The molecule has 0 amide bonds. The van der Waals surface area contributed by atoms with Crippen molar-refractivity contribution in [2.45, 2.75) is 18.4 Å². The van der Waals surface area contributed by atoms with Crippen LogP contribution in [0, 0.1) is 16.0 Å². The molecule has 2 aromatic rings. The Hall–Kier alpha value is -2.82. The van der Waals surface area contributed by atoms with Crippen LogP contribution < -0.4 is 10.1 Å². The molecule has 2 aromatic carbocycles. The number of allylic oxidation sites excluding steroid dienone is 2. The van der Waals surface area contributed by atoms with Crippen LogP contribution in [0.25, 0.3) is 0 Å². The number of methoxy groups -OCH3 is 1. The first-order valence-corrected chi connectivity index (χ1v) is 8.03. The van der Waals surface area contributed by atoms with E-state index in [1.165, 1.54) is 12.7 Å². The zero-order valence-corrected chi connectivity index (χ0v) is 13.3. The van der Waals surface area contributed by atoms with Crippen molar-refractivity contribution >= 4 is 11.4 Å². The number of ether oxygens (including phenoxy) is 1. The van der Waals surface area contributed by atoms with E-state index in [1.807, 2.05) is 12.1 Å². The third-order valence-corrected chi connectivity index (χ3v) is 5.03. The average molecular weight is 322 g/mol. The Bertz CT molecular complexity index is 831. The van der Waals surface area contributed by atoms with E-state index in [9.17, 15) is 10.1 Å². The second kappa shape index (κ2) is 5.67. The summed E-state index contributed by atoms with van der Waals surface area (Å²) in [4.78, 5) is 10.9. The summed E-state index contributed by atoms with van der Waals surface area (Å²) in [5, 5.41) is 14.9. The number of rotatable bonds is 3.